The molecule has 0 saturated carbocycles. The highest BCUT2D eigenvalue weighted by Gasteiger charge is 2.27. The third-order valence-corrected chi connectivity index (χ3v) is 6.75. The van der Waals surface area contributed by atoms with Gasteiger partial charge in [0.05, 0.1) is 10.6 Å². The van der Waals surface area contributed by atoms with Crippen LogP contribution in [0.5, 0.6) is 11.5 Å². The number of hydrogen-bond donors (Lipinski definition) is 0. The molecule has 0 saturated heterocycles. The van der Waals surface area contributed by atoms with Crippen molar-refractivity contribution in [3.05, 3.63) is 59.9 Å². The van der Waals surface area contributed by atoms with Crippen molar-refractivity contribution in [3.8, 4) is 11.5 Å². The fourth-order valence-corrected chi connectivity index (χ4v) is 4.42. The fraction of sp³-hybridized carbons (Fsp3) is 0.250. The summed E-state index contributed by atoms with van der Waals surface area (Å²) in [5.74, 6) is 1.97. The summed E-state index contributed by atoms with van der Waals surface area (Å²) in [6, 6.07) is 13.3. The first-order chi connectivity index (χ1) is 14.3. The SMILES string of the molecule is Cn1c(SCC(=O)c2ccc(S(C)(=O)=O)cc2)nnc1[C@H]1COc2ccccc2O1. The summed E-state index contributed by atoms with van der Waals surface area (Å²) in [6.45, 7) is 0.319. The van der Waals surface area contributed by atoms with Gasteiger partial charge in [-0.2, -0.15) is 0 Å². The first-order valence-corrected chi connectivity index (χ1v) is 11.9. The standard InChI is InChI=1S/C20H19N3O5S2/c1-23-19(18-11-27-16-5-3-4-6-17(16)28-18)21-22-20(23)29-12-15(24)13-7-9-14(10-8-13)30(2,25)26/h3-10,18H,11-12H2,1-2H3/t18-/m1/s1. The molecule has 2 aromatic carbocycles. The van der Waals surface area contributed by atoms with Crippen LogP contribution in [-0.4, -0.2) is 47.6 Å². The van der Waals surface area contributed by atoms with Gasteiger partial charge < -0.3 is 14.0 Å². The Balaban J connectivity index is 1.42. The van der Waals surface area contributed by atoms with E-state index in [1.807, 2.05) is 31.3 Å². The van der Waals surface area contributed by atoms with Crippen molar-refractivity contribution in [2.75, 3.05) is 18.6 Å². The van der Waals surface area contributed by atoms with Crippen molar-refractivity contribution in [2.45, 2.75) is 16.2 Å². The number of benzene rings is 2. The number of aromatic nitrogens is 3. The number of carbonyl (C=O) groups excluding carboxylic acids is 1. The minimum absolute atomic E-state index is 0.129. The molecule has 3 aromatic rings. The molecule has 1 aliphatic heterocycles. The second-order valence-corrected chi connectivity index (χ2v) is 9.73. The van der Waals surface area contributed by atoms with E-state index in [2.05, 4.69) is 10.2 Å². The maximum atomic E-state index is 12.5. The second kappa shape index (κ2) is 8.11. The predicted molar refractivity (Wildman–Crippen MR) is 111 cm³/mol. The molecule has 156 valence electrons. The molecule has 1 atom stereocenters. The Morgan fingerprint density at radius 1 is 1.13 bits per heavy atom. The van der Waals surface area contributed by atoms with E-state index in [1.165, 1.54) is 36.0 Å². The molecule has 4 rings (SSSR count). The Kier molecular flexibility index (Phi) is 5.52. The molecular weight excluding hydrogens is 426 g/mol. The third kappa shape index (κ3) is 4.19. The maximum Gasteiger partial charge on any atom is 0.192 e. The van der Waals surface area contributed by atoms with Crippen molar-refractivity contribution < 1.29 is 22.7 Å². The molecule has 0 bridgehead atoms. The molecule has 1 aliphatic rings. The number of hydrogen-bond acceptors (Lipinski definition) is 8. The first kappa shape index (κ1) is 20.4. The lowest BCUT2D eigenvalue weighted by atomic mass is 10.1. The molecule has 1 aromatic heterocycles. The number of rotatable bonds is 6. The van der Waals surface area contributed by atoms with E-state index in [1.54, 1.807) is 4.57 Å². The third-order valence-electron chi connectivity index (χ3n) is 4.60. The summed E-state index contributed by atoms with van der Waals surface area (Å²) in [6.07, 6.45) is 0.733. The average Bonchev–Trinajstić information content (AvgIpc) is 3.11. The number of ether oxygens (including phenoxy) is 2. The summed E-state index contributed by atoms with van der Waals surface area (Å²) in [5.41, 5.74) is 0.443. The van der Waals surface area contributed by atoms with Crippen molar-refractivity contribution in [2.24, 2.45) is 7.05 Å². The number of thioether (sulfide) groups is 1. The van der Waals surface area contributed by atoms with Crippen LogP contribution in [0.25, 0.3) is 0 Å². The molecule has 0 fully saturated rings. The number of para-hydroxylation sites is 2. The van der Waals surface area contributed by atoms with Crippen LogP contribution in [0.4, 0.5) is 0 Å². The zero-order valence-corrected chi connectivity index (χ0v) is 17.9. The van der Waals surface area contributed by atoms with Crippen LogP contribution >= 0.6 is 11.8 Å². The Morgan fingerprint density at radius 2 is 1.83 bits per heavy atom. The van der Waals surface area contributed by atoms with Crippen LogP contribution in [-0.2, 0) is 16.9 Å². The van der Waals surface area contributed by atoms with Gasteiger partial charge in [-0.05, 0) is 24.3 Å². The normalized spacial score (nSPS) is 15.7. The fourth-order valence-electron chi connectivity index (χ4n) is 2.98. The predicted octanol–water partition coefficient (Wildman–Crippen LogP) is 2.71. The largest absolute Gasteiger partial charge is 0.485 e. The molecule has 0 unspecified atom stereocenters. The number of ketones is 1. The van der Waals surface area contributed by atoms with Crippen molar-refractivity contribution in [1.82, 2.24) is 14.8 Å². The number of carbonyl (C=O) groups is 1. The van der Waals surface area contributed by atoms with E-state index in [-0.39, 0.29) is 16.4 Å². The molecule has 30 heavy (non-hydrogen) atoms. The van der Waals surface area contributed by atoms with Crippen LogP contribution in [0.1, 0.15) is 22.3 Å². The topological polar surface area (TPSA) is 100 Å². The van der Waals surface area contributed by atoms with Crippen molar-refractivity contribution >= 4 is 27.4 Å². The Hall–Kier alpha value is -2.85. The minimum Gasteiger partial charge on any atom is -0.485 e. The second-order valence-electron chi connectivity index (χ2n) is 6.77. The maximum absolute atomic E-state index is 12.5. The quantitative estimate of drug-likeness (QED) is 0.422. The highest BCUT2D eigenvalue weighted by Crippen LogP contribution is 2.35. The van der Waals surface area contributed by atoms with Gasteiger partial charge in [0.2, 0.25) is 0 Å². The lowest BCUT2D eigenvalue weighted by Crippen LogP contribution is -2.24. The smallest absolute Gasteiger partial charge is 0.192 e. The summed E-state index contributed by atoms with van der Waals surface area (Å²) in [5, 5.41) is 8.96. The van der Waals surface area contributed by atoms with E-state index in [9.17, 15) is 13.2 Å². The Morgan fingerprint density at radius 3 is 2.53 bits per heavy atom. The van der Waals surface area contributed by atoms with Gasteiger partial charge in [-0.15, -0.1) is 10.2 Å². The van der Waals surface area contributed by atoms with Gasteiger partial charge in [0, 0.05) is 18.9 Å². The van der Waals surface area contributed by atoms with Gasteiger partial charge in [-0.25, -0.2) is 8.42 Å². The van der Waals surface area contributed by atoms with E-state index >= 15 is 0 Å². The molecule has 2 heterocycles. The molecule has 0 spiro atoms. The highest BCUT2D eigenvalue weighted by molar-refractivity contribution is 7.99. The van der Waals surface area contributed by atoms with Gasteiger partial charge in [0.25, 0.3) is 0 Å². The van der Waals surface area contributed by atoms with E-state index in [0.29, 0.717) is 34.7 Å². The van der Waals surface area contributed by atoms with Crippen molar-refractivity contribution in [1.29, 1.82) is 0 Å². The van der Waals surface area contributed by atoms with Gasteiger partial charge in [-0.1, -0.05) is 36.0 Å². The molecule has 10 heteroatoms. The van der Waals surface area contributed by atoms with Crippen LogP contribution < -0.4 is 9.47 Å². The molecule has 0 amide bonds. The molecule has 8 nitrogen and oxygen atoms in total. The van der Waals surface area contributed by atoms with Crippen LogP contribution in [0, 0.1) is 0 Å². The van der Waals surface area contributed by atoms with Gasteiger partial charge in [0.1, 0.15) is 6.61 Å². The van der Waals surface area contributed by atoms with E-state index in [0.717, 1.165) is 6.26 Å². The highest BCUT2D eigenvalue weighted by atomic mass is 32.2. The number of fused-ring (bicyclic) bond motifs is 1. The van der Waals surface area contributed by atoms with Crippen LogP contribution in [0.3, 0.4) is 0 Å². The summed E-state index contributed by atoms with van der Waals surface area (Å²) >= 11 is 1.26. The molecule has 0 aliphatic carbocycles. The molecular formula is C20H19N3O5S2. The van der Waals surface area contributed by atoms with Crippen LogP contribution in [0.2, 0.25) is 0 Å². The summed E-state index contributed by atoms with van der Waals surface area (Å²) < 4.78 is 36.6. The lowest BCUT2D eigenvalue weighted by molar-refractivity contribution is 0.0825. The molecule has 0 radical (unpaired) electrons. The average molecular weight is 446 g/mol. The van der Waals surface area contributed by atoms with Crippen molar-refractivity contribution in [3.63, 3.8) is 0 Å². The zero-order chi connectivity index (χ0) is 21.3. The summed E-state index contributed by atoms with van der Waals surface area (Å²) in [4.78, 5) is 12.6. The Bertz CT molecular complexity index is 1190. The van der Waals surface area contributed by atoms with Crippen LogP contribution in [0.15, 0.2) is 58.6 Å². The number of nitrogens with zero attached hydrogens (tertiary/aromatic N) is 3. The Labute approximate surface area is 178 Å². The minimum atomic E-state index is -3.29. The zero-order valence-electron chi connectivity index (χ0n) is 16.3. The van der Waals surface area contributed by atoms with Gasteiger partial charge in [0.15, 0.2) is 44.2 Å². The molecule has 0 N–H and O–H groups in total. The summed E-state index contributed by atoms with van der Waals surface area (Å²) in [7, 11) is -1.48. The van der Waals surface area contributed by atoms with E-state index < -0.39 is 15.9 Å². The number of sulfone groups is 1. The van der Waals surface area contributed by atoms with Gasteiger partial charge >= 0.3 is 0 Å². The first-order valence-electron chi connectivity index (χ1n) is 9.07. The van der Waals surface area contributed by atoms with E-state index in [4.69, 9.17) is 9.47 Å². The number of Topliss-reactive ketones (excluding diaryl/α,β-unsaturated/α-hetero) is 1. The van der Waals surface area contributed by atoms with Gasteiger partial charge in [-0.3, -0.25) is 4.79 Å². The monoisotopic (exact) mass is 445 g/mol. The lowest BCUT2D eigenvalue weighted by Gasteiger charge is -2.25.